The first-order chi connectivity index (χ1) is 12.1. The van der Waals surface area contributed by atoms with Crippen LogP contribution >= 0.6 is 11.3 Å². The number of aryl methyl sites for hydroxylation is 1. The number of anilines is 1. The smallest absolute Gasteiger partial charge is 0.263 e. The molecule has 0 radical (unpaired) electrons. The number of ether oxygens (including phenoxy) is 1. The van der Waals surface area contributed by atoms with E-state index in [4.69, 9.17) is 4.74 Å². The average molecular weight is 360 g/mol. The fraction of sp³-hybridized carbons (Fsp3) is 0.500. The Bertz CT molecular complexity index is 725. The van der Waals surface area contributed by atoms with Crippen LogP contribution in [0.3, 0.4) is 0 Å². The Hall–Kier alpha value is -2.15. The van der Waals surface area contributed by atoms with Crippen molar-refractivity contribution in [3.63, 3.8) is 0 Å². The molecule has 2 aromatic rings. The maximum absolute atomic E-state index is 12.5. The molecule has 1 aliphatic rings. The SMILES string of the molecule is COc1nccnc1N(C)CC1CCN(C(=O)c2ccc(C)s2)CC1. The van der Waals surface area contributed by atoms with Gasteiger partial charge in [-0.3, -0.25) is 4.79 Å². The summed E-state index contributed by atoms with van der Waals surface area (Å²) in [7, 11) is 3.62. The lowest BCUT2D eigenvalue weighted by Crippen LogP contribution is -2.41. The van der Waals surface area contributed by atoms with E-state index in [0.29, 0.717) is 11.8 Å². The molecule has 1 amide bonds. The molecule has 134 valence electrons. The number of carbonyl (C=O) groups is 1. The summed E-state index contributed by atoms with van der Waals surface area (Å²) in [6.45, 7) is 4.54. The summed E-state index contributed by atoms with van der Waals surface area (Å²) in [5.74, 6) is 2.01. The molecule has 0 saturated carbocycles. The van der Waals surface area contributed by atoms with Gasteiger partial charge in [0.2, 0.25) is 0 Å². The van der Waals surface area contributed by atoms with Gasteiger partial charge in [0.25, 0.3) is 11.8 Å². The highest BCUT2D eigenvalue weighted by atomic mass is 32.1. The van der Waals surface area contributed by atoms with Crippen molar-refractivity contribution in [2.24, 2.45) is 5.92 Å². The number of carbonyl (C=O) groups excluding carboxylic acids is 1. The van der Waals surface area contributed by atoms with E-state index in [1.807, 2.05) is 31.0 Å². The van der Waals surface area contributed by atoms with Crippen LogP contribution in [0.1, 0.15) is 27.4 Å². The molecule has 0 aromatic carbocycles. The molecule has 0 unspecified atom stereocenters. The molecule has 2 aromatic heterocycles. The van der Waals surface area contributed by atoms with Gasteiger partial charge in [0.1, 0.15) is 0 Å². The lowest BCUT2D eigenvalue weighted by molar-refractivity contribution is 0.0698. The van der Waals surface area contributed by atoms with E-state index >= 15 is 0 Å². The molecule has 0 spiro atoms. The number of hydrogen-bond donors (Lipinski definition) is 0. The number of piperidine rings is 1. The highest BCUT2D eigenvalue weighted by Crippen LogP contribution is 2.26. The van der Waals surface area contributed by atoms with Gasteiger partial charge in [0.15, 0.2) is 5.82 Å². The average Bonchev–Trinajstić information content (AvgIpc) is 3.08. The van der Waals surface area contributed by atoms with Gasteiger partial charge in [0.05, 0.1) is 12.0 Å². The van der Waals surface area contributed by atoms with E-state index in [1.54, 1.807) is 30.8 Å². The van der Waals surface area contributed by atoms with Crippen LogP contribution in [-0.2, 0) is 0 Å². The maximum Gasteiger partial charge on any atom is 0.263 e. The third kappa shape index (κ3) is 4.10. The number of aromatic nitrogens is 2. The minimum Gasteiger partial charge on any atom is -0.478 e. The van der Waals surface area contributed by atoms with Gasteiger partial charge >= 0.3 is 0 Å². The summed E-state index contributed by atoms with van der Waals surface area (Å²) in [6, 6.07) is 3.94. The highest BCUT2D eigenvalue weighted by molar-refractivity contribution is 7.13. The van der Waals surface area contributed by atoms with Crippen molar-refractivity contribution in [3.8, 4) is 5.88 Å². The number of nitrogens with zero attached hydrogens (tertiary/aromatic N) is 4. The lowest BCUT2D eigenvalue weighted by Gasteiger charge is -2.34. The number of amides is 1. The summed E-state index contributed by atoms with van der Waals surface area (Å²) >= 11 is 1.57. The molecule has 3 heterocycles. The van der Waals surface area contributed by atoms with Gasteiger partial charge < -0.3 is 14.5 Å². The zero-order chi connectivity index (χ0) is 17.8. The van der Waals surface area contributed by atoms with Crippen molar-refractivity contribution in [1.29, 1.82) is 0 Å². The number of likely N-dealkylation sites (tertiary alicyclic amines) is 1. The molecule has 0 bridgehead atoms. The Labute approximate surface area is 152 Å². The molecule has 1 fully saturated rings. The van der Waals surface area contributed by atoms with Crippen molar-refractivity contribution in [2.45, 2.75) is 19.8 Å². The van der Waals surface area contributed by atoms with Gasteiger partial charge in [-0.05, 0) is 37.8 Å². The number of hydrogen-bond acceptors (Lipinski definition) is 6. The van der Waals surface area contributed by atoms with E-state index in [-0.39, 0.29) is 5.91 Å². The molecule has 6 nitrogen and oxygen atoms in total. The molecule has 1 saturated heterocycles. The maximum atomic E-state index is 12.5. The quantitative estimate of drug-likeness (QED) is 0.821. The topological polar surface area (TPSA) is 58.6 Å². The molecular formula is C18H24N4O2S. The molecule has 0 atom stereocenters. The highest BCUT2D eigenvalue weighted by Gasteiger charge is 2.26. The van der Waals surface area contributed by atoms with Gasteiger partial charge in [-0.15, -0.1) is 11.3 Å². The van der Waals surface area contributed by atoms with Crippen LogP contribution in [-0.4, -0.2) is 54.6 Å². The summed E-state index contributed by atoms with van der Waals surface area (Å²) in [4.78, 5) is 27.2. The number of rotatable bonds is 5. The second kappa shape index (κ2) is 7.82. The van der Waals surface area contributed by atoms with Crippen molar-refractivity contribution in [2.75, 3.05) is 38.7 Å². The van der Waals surface area contributed by atoms with Crippen LogP contribution in [0, 0.1) is 12.8 Å². The summed E-state index contributed by atoms with van der Waals surface area (Å²) in [6.07, 6.45) is 5.32. The normalized spacial score (nSPS) is 15.2. The fourth-order valence-corrected chi connectivity index (χ4v) is 4.06. The first-order valence-corrected chi connectivity index (χ1v) is 9.32. The van der Waals surface area contributed by atoms with E-state index in [1.165, 1.54) is 4.88 Å². The van der Waals surface area contributed by atoms with Crippen molar-refractivity contribution < 1.29 is 9.53 Å². The predicted octanol–water partition coefficient (Wildman–Crippen LogP) is 2.84. The van der Waals surface area contributed by atoms with Crippen LogP contribution in [0.15, 0.2) is 24.5 Å². The third-order valence-electron chi connectivity index (χ3n) is 4.59. The van der Waals surface area contributed by atoms with E-state index < -0.39 is 0 Å². The molecule has 25 heavy (non-hydrogen) atoms. The molecular weight excluding hydrogens is 336 g/mol. The number of thiophene rings is 1. The van der Waals surface area contributed by atoms with Crippen molar-refractivity contribution >= 4 is 23.1 Å². The molecule has 7 heteroatoms. The largest absolute Gasteiger partial charge is 0.478 e. The Balaban J connectivity index is 1.55. The second-order valence-electron chi connectivity index (χ2n) is 6.42. The van der Waals surface area contributed by atoms with Crippen LogP contribution in [0.4, 0.5) is 5.82 Å². The Morgan fingerprint density at radius 2 is 2.04 bits per heavy atom. The van der Waals surface area contributed by atoms with Crippen LogP contribution in [0.25, 0.3) is 0 Å². The lowest BCUT2D eigenvalue weighted by atomic mass is 9.96. The minimum atomic E-state index is 0.167. The number of methoxy groups -OCH3 is 1. The van der Waals surface area contributed by atoms with Crippen molar-refractivity contribution in [1.82, 2.24) is 14.9 Å². The van der Waals surface area contributed by atoms with E-state index in [9.17, 15) is 4.79 Å². The van der Waals surface area contributed by atoms with Crippen LogP contribution in [0.5, 0.6) is 5.88 Å². The van der Waals surface area contributed by atoms with Crippen LogP contribution < -0.4 is 9.64 Å². The zero-order valence-corrected chi connectivity index (χ0v) is 15.8. The van der Waals surface area contributed by atoms with Gasteiger partial charge in [0, 0.05) is 44.0 Å². The summed E-state index contributed by atoms with van der Waals surface area (Å²) in [5, 5.41) is 0. The first kappa shape index (κ1) is 17.7. The first-order valence-electron chi connectivity index (χ1n) is 8.50. The van der Waals surface area contributed by atoms with Crippen molar-refractivity contribution in [3.05, 3.63) is 34.3 Å². The summed E-state index contributed by atoms with van der Waals surface area (Å²) in [5.41, 5.74) is 0. The van der Waals surface area contributed by atoms with E-state index in [0.717, 1.165) is 43.2 Å². The molecule has 3 rings (SSSR count). The Morgan fingerprint density at radius 3 is 2.68 bits per heavy atom. The fourth-order valence-electron chi connectivity index (χ4n) is 3.22. The Kier molecular flexibility index (Phi) is 5.53. The van der Waals surface area contributed by atoms with E-state index in [2.05, 4.69) is 14.9 Å². The van der Waals surface area contributed by atoms with Gasteiger partial charge in [-0.1, -0.05) is 0 Å². The predicted molar refractivity (Wildman–Crippen MR) is 99.5 cm³/mol. The minimum absolute atomic E-state index is 0.167. The monoisotopic (exact) mass is 360 g/mol. The molecule has 0 aliphatic carbocycles. The zero-order valence-electron chi connectivity index (χ0n) is 14.9. The second-order valence-corrected chi connectivity index (χ2v) is 7.70. The standard InChI is InChI=1S/C18H24N4O2S/c1-13-4-5-15(25-13)18(23)22-10-6-14(7-11-22)12-21(2)16-17(24-3)20-9-8-19-16/h4-5,8-9,14H,6-7,10-12H2,1-3H3. The summed E-state index contributed by atoms with van der Waals surface area (Å²) < 4.78 is 5.29. The Morgan fingerprint density at radius 1 is 1.32 bits per heavy atom. The molecule has 0 N–H and O–H groups in total. The van der Waals surface area contributed by atoms with Crippen LogP contribution in [0.2, 0.25) is 0 Å². The van der Waals surface area contributed by atoms with Gasteiger partial charge in [-0.2, -0.15) is 0 Å². The van der Waals surface area contributed by atoms with Gasteiger partial charge in [-0.25, -0.2) is 9.97 Å². The third-order valence-corrected chi connectivity index (χ3v) is 5.58. The molecule has 1 aliphatic heterocycles.